The zero-order valence-electron chi connectivity index (χ0n) is 15.3. The maximum Gasteiger partial charge on any atom is 0.408 e. The van der Waals surface area contributed by atoms with Gasteiger partial charge in [0, 0.05) is 18.6 Å². The summed E-state index contributed by atoms with van der Waals surface area (Å²) in [6.07, 6.45) is 0.507. The molecule has 1 saturated heterocycles. The van der Waals surface area contributed by atoms with Gasteiger partial charge in [0.2, 0.25) is 0 Å². The van der Waals surface area contributed by atoms with E-state index in [1.54, 1.807) is 12.1 Å². The largest absolute Gasteiger partial charge is 0.480 e. The number of halogens is 1. The average Bonchev–Trinajstić information content (AvgIpc) is 3.10. The Morgan fingerprint density at radius 3 is 2.43 bits per heavy atom. The first-order valence-corrected chi connectivity index (χ1v) is 8.99. The van der Waals surface area contributed by atoms with Gasteiger partial charge in [0.05, 0.1) is 6.54 Å². The summed E-state index contributed by atoms with van der Waals surface area (Å²) in [6, 6.07) is 11.8. The maximum atomic E-state index is 11.5. The molecule has 1 fully saturated rings. The SMILES string of the molecule is C=Cc1ccc(Cl)cc1-c1ccc(C2(OC)CC(C(=O)O)N(C(=O)O)C2)cc1. The smallest absolute Gasteiger partial charge is 0.408 e. The van der Waals surface area contributed by atoms with Crippen molar-refractivity contribution in [2.45, 2.75) is 18.1 Å². The molecule has 0 radical (unpaired) electrons. The van der Waals surface area contributed by atoms with Crippen LogP contribution in [0.4, 0.5) is 4.79 Å². The number of hydrogen-bond acceptors (Lipinski definition) is 3. The van der Waals surface area contributed by atoms with Crippen LogP contribution in [0.3, 0.4) is 0 Å². The predicted octanol–water partition coefficient (Wildman–Crippen LogP) is 4.33. The Bertz CT molecular complexity index is 903. The van der Waals surface area contributed by atoms with E-state index in [0.29, 0.717) is 5.02 Å². The van der Waals surface area contributed by atoms with Gasteiger partial charge in [0.1, 0.15) is 11.6 Å². The average molecular weight is 402 g/mol. The molecular weight excluding hydrogens is 382 g/mol. The van der Waals surface area contributed by atoms with Crippen LogP contribution >= 0.6 is 11.6 Å². The number of likely N-dealkylation sites (tertiary alicyclic amines) is 1. The molecular formula is C21H20ClNO5. The zero-order valence-corrected chi connectivity index (χ0v) is 16.0. The predicted molar refractivity (Wildman–Crippen MR) is 106 cm³/mol. The van der Waals surface area contributed by atoms with Crippen LogP contribution in [0.1, 0.15) is 17.5 Å². The molecule has 2 unspecified atom stereocenters. The molecule has 2 aromatic rings. The Labute approximate surface area is 167 Å². The molecule has 2 atom stereocenters. The van der Waals surface area contributed by atoms with E-state index in [9.17, 15) is 19.8 Å². The first-order chi connectivity index (χ1) is 13.3. The minimum Gasteiger partial charge on any atom is -0.480 e. The molecule has 146 valence electrons. The lowest BCUT2D eigenvalue weighted by molar-refractivity contribution is -0.141. The molecule has 0 aliphatic carbocycles. The van der Waals surface area contributed by atoms with Gasteiger partial charge in [-0.2, -0.15) is 0 Å². The van der Waals surface area contributed by atoms with Gasteiger partial charge in [-0.15, -0.1) is 0 Å². The fourth-order valence-corrected chi connectivity index (χ4v) is 3.85. The lowest BCUT2D eigenvalue weighted by Gasteiger charge is -2.28. The van der Waals surface area contributed by atoms with E-state index < -0.39 is 23.7 Å². The highest BCUT2D eigenvalue weighted by molar-refractivity contribution is 6.31. The summed E-state index contributed by atoms with van der Waals surface area (Å²) < 4.78 is 5.65. The first kappa shape index (κ1) is 19.9. The molecule has 1 aliphatic heterocycles. The third kappa shape index (κ3) is 3.48. The van der Waals surface area contributed by atoms with Crippen molar-refractivity contribution in [1.82, 2.24) is 4.90 Å². The Morgan fingerprint density at radius 1 is 1.25 bits per heavy atom. The zero-order chi connectivity index (χ0) is 20.5. The van der Waals surface area contributed by atoms with Gasteiger partial charge in [-0.05, 0) is 34.4 Å². The van der Waals surface area contributed by atoms with Crippen LogP contribution < -0.4 is 0 Å². The highest BCUT2D eigenvalue weighted by Crippen LogP contribution is 2.40. The van der Waals surface area contributed by atoms with Crippen molar-refractivity contribution >= 4 is 29.7 Å². The Kier molecular flexibility index (Phi) is 5.45. The number of carboxylic acid groups (broad SMARTS) is 2. The number of aliphatic carboxylic acids is 1. The van der Waals surface area contributed by atoms with Gasteiger partial charge in [0.15, 0.2) is 0 Å². The molecule has 0 aromatic heterocycles. The van der Waals surface area contributed by atoms with Crippen molar-refractivity contribution in [1.29, 1.82) is 0 Å². The van der Waals surface area contributed by atoms with Crippen LogP contribution in [0.5, 0.6) is 0 Å². The normalized spacial score (nSPS) is 21.5. The summed E-state index contributed by atoms with van der Waals surface area (Å²) in [5, 5.41) is 19.4. The minimum absolute atomic E-state index is 0.0412. The standard InChI is InChI=1S/C21H20ClNO5/c1-3-13-6-9-16(22)10-17(13)14-4-7-15(8-5-14)21(28-2)11-18(19(24)25)23(12-21)20(26)27/h3-10,18H,1,11-12H2,2H3,(H,24,25)(H,26,27). The van der Waals surface area contributed by atoms with Crippen molar-refractivity contribution in [3.05, 3.63) is 65.2 Å². The highest BCUT2D eigenvalue weighted by Gasteiger charge is 2.50. The number of carboxylic acids is 1. The molecule has 0 bridgehead atoms. The second-order valence-electron chi connectivity index (χ2n) is 6.68. The van der Waals surface area contributed by atoms with Gasteiger partial charge in [-0.3, -0.25) is 4.90 Å². The van der Waals surface area contributed by atoms with Gasteiger partial charge < -0.3 is 14.9 Å². The first-order valence-electron chi connectivity index (χ1n) is 8.62. The van der Waals surface area contributed by atoms with Crippen molar-refractivity contribution in [3.63, 3.8) is 0 Å². The van der Waals surface area contributed by atoms with Crippen molar-refractivity contribution < 1.29 is 24.5 Å². The summed E-state index contributed by atoms with van der Waals surface area (Å²) in [7, 11) is 1.46. The van der Waals surface area contributed by atoms with Crippen LogP contribution in [-0.2, 0) is 15.1 Å². The number of rotatable bonds is 5. The number of carbonyl (C=O) groups is 2. The summed E-state index contributed by atoms with van der Waals surface area (Å²) in [5.74, 6) is -1.19. The molecule has 0 saturated carbocycles. The summed E-state index contributed by atoms with van der Waals surface area (Å²) >= 11 is 6.12. The van der Waals surface area contributed by atoms with Gasteiger partial charge >= 0.3 is 12.1 Å². The molecule has 1 aliphatic rings. The Morgan fingerprint density at radius 2 is 1.93 bits per heavy atom. The second kappa shape index (κ2) is 7.66. The molecule has 3 rings (SSSR count). The van der Waals surface area contributed by atoms with Gasteiger partial charge in [-0.25, -0.2) is 9.59 Å². The Balaban J connectivity index is 1.98. The van der Waals surface area contributed by atoms with E-state index in [1.807, 2.05) is 36.4 Å². The number of ether oxygens (including phenoxy) is 1. The topological polar surface area (TPSA) is 87.1 Å². The lowest BCUT2D eigenvalue weighted by Crippen LogP contribution is -2.40. The van der Waals surface area contributed by atoms with Gasteiger partial charge in [0.25, 0.3) is 0 Å². The van der Waals surface area contributed by atoms with Crippen molar-refractivity contribution in [2.75, 3.05) is 13.7 Å². The number of methoxy groups -OCH3 is 1. The number of hydrogen-bond donors (Lipinski definition) is 2. The Hall–Kier alpha value is -2.83. The molecule has 1 heterocycles. The lowest BCUT2D eigenvalue weighted by atomic mass is 9.89. The van der Waals surface area contributed by atoms with Crippen LogP contribution in [0.2, 0.25) is 5.02 Å². The van der Waals surface area contributed by atoms with Gasteiger partial charge in [-0.1, -0.05) is 54.6 Å². The van der Waals surface area contributed by atoms with Crippen LogP contribution in [0.25, 0.3) is 17.2 Å². The minimum atomic E-state index is -1.28. The molecule has 28 heavy (non-hydrogen) atoms. The summed E-state index contributed by atoms with van der Waals surface area (Å²) in [5.41, 5.74) is 2.46. The van der Waals surface area contributed by atoms with E-state index in [-0.39, 0.29) is 13.0 Å². The quantitative estimate of drug-likeness (QED) is 0.778. The van der Waals surface area contributed by atoms with E-state index in [1.165, 1.54) is 7.11 Å². The summed E-state index contributed by atoms with van der Waals surface area (Å²) in [4.78, 5) is 23.9. The molecule has 0 spiro atoms. The monoisotopic (exact) mass is 401 g/mol. The highest BCUT2D eigenvalue weighted by atomic mass is 35.5. The molecule has 1 amide bonds. The van der Waals surface area contributed by atoms with Crippen LogP contribution in [-0.4, -0.2) is 46.9 Å². The fourth-order valence-electron chi connectivity index (χ4n) is 3.68. The van der Waals surface area contributed by atoms with E-state index in [2.05, 4.69) is 6.58 Å². The van der Waals surface area contributed by atoms with E-state index in [0.717, 1.165) is 27.2 Å². The van der Waals surface area contributed by atoms with Crippen molar-refractivity contribution in [3.8, 4) is 11.1 Å². The fraction of sp³-hybridized carbons (Fsp3) is 0.238. The van der Waals surface area contributed by atoms with Crippen LogP contribution in [0.15, 0.2) is 49.0 Å². The maximum absolute atomic E-state index is 11.5. The third-order valence-corrected chi connectivity index (χ3v) is 5.44. The summed E-state index contributed by atoms with van der Waals surface area (Å²) in [6.45, 7) is 3.77. The molecule has 7 heteroatoms. The number of nitrogens with zero attached hydrogens (tertiary/aromatic N) is 1. The van der Waals surface area contributed by atoms with Crippen LogP contribution in [0, 0.1) is 0 Å². The second-order valence-corrected chi connectivity index (χ2v) is 7.12. The number of benzene rings is 2. The molecule has 6 nitrogen and oxygen atoms in total. The van der Waals surface area contributed by atoms with E-state index in [4.69, 9.17) is 16.3 Å². The number of amides is 1. The molecule has 2 N–H and O–H groups in total. The third-order valence-electron chi connectivity index (χ3n) is 5.20. The van der Waals surface area contributed by atoms with Crippen molar-refractivity contribution in [2.24, 2.45) is 0 Å². The molecule has 2 aromatic carbocycles. The van der Waals surface area contributed by atoms with E-state index >= 15 is 0 Å².